The molecule has 0 saturated heterocycles. The van der Waals surface area contributed by atoms with Crippen LogP contribution in [0.4, 0.5) is 0 Å². The summed E-state index contributed by atoms with van der Waals surface area (Å²) in [5.41, 5.74) is 0.0409. The fourth-order valence-corrected chi connectivity index (χ4v) is 8.57. The van der Waals surface area contributed by atoms with Gasteiger partial charge in [-0.25, -0.2) is 0 Å². The Bertz CT molecular complexity index is 754. The van der Waals surface area contributed by atoms with Gasteiger partial charge in [0.1, 0.15) is 4.21 Å². The Morgan fingerprint density at radius 2 is 1.23 bits per heavy atom. The van der Waals surface area contributed by atoms with Crippen molar-refractivity contribution in [1.29, 1.82) is 5.26 Å². The van der Waals surface area contributed by atoms with Gasteiger partial charge in [0.05, 0.1) is 22.3 Å². The molecule has 1 aromatic rings. The summed E-state index contributed by atoms with van der Waals surface area (Å²) in [6, 6.07) is 10.4. The minimum atomic E-state index is -1.40. The standard InChI is InChI=1S/C26H38ClNOS/c1-22-15-17-23(18-16-22)30(29)26(27)24(2,21-28)25(26)19-13-11-9-7-5-3-4-6-8-10-12-14-20-25/h15-18H,3-14,19-20H2,1-2H3. The van der Waals surface area contributed by atoms with Crippen molar-refractivity contribution in [2.75, 3.05) is 0 Å². The van der Waals surface area contributed by atoms with Crippen LogP contribution in [-0.2, 0) is 10.8 Å². The van der Waals surface area contributed by atoms with Crippen molar-refractivity contribution in [3.63, 3.8) is 0 Å². The van der Waals surface area contributed by atoms with Crippen LogP contribution in [0, 0.1) is 29.1 Å². The molecular formula is C26H38ClNOS. The SMILES string of the molecule is Cc1ccc(S(=O)C2(Cl)C(C)(C#N)C23CCCCCCCCCCCCCC3)cc1. The first-order chi connectivity index (χ1) is 14.4. The van der Waals surface area contributed by atoms with Gasteiger partial charge in [-0.2, -0.15) is 5.26 Å². The van der Waals surface area contributed by atoms with Crippen LogP contribution < -0.4 is 0 Å². The summed E-state index contributed by atoms with van der Waals surface area (Å²) in [5.74, 6) is 0. The van der Waals surface area contributed by atoms with Gasteiger partial charge in [-0.3, -0.25) is 4.21 Å². The van der Waals surface area contributed by atoms with E-state index in [1.807, 2.05) is 38.1 Å². The Hall–Kier alpha value is -0.850. The quantitative estimate of drug-likeness (QED) is 0.430. The second-order valence-corrected chi connectivity index (χ2v) is 12.2. The normalized spacial score (nSPS) is 31.8. The molecule has 3 unspecified atom stereocenters. The highest BCUT2D eigenvalue weighted by atomic mass is 35.5. The van der Waals surface area contributed by atoms with Crippen molar-refractivity contribution in [2.24, 2.45) is 10.8 Å². The fraction of sp³-hybridized carbons (Fsp3) is 0.731. The first-order valence-electron chi connectivity index (χ1n) is 12.0. The third-order valence-corrected chi connectivity index (χ3v) is 11.0. The van der Waals surface area contributed by atoms with E-state index in [4.69, 9.17) is 11.6 Å². The Labute approximate surface area is 191 Å². The highest BCUT2D eigenvalue weighted by molar-refractivity contribution is 7.88. The molecule has 166 valence electrons. The smallest absolute Gasteiger partial charge is 0.150 e. The van der Waals surface area contributed by atoms with Crippen molar-refractivity contribution in [3.8, 4) is 6.07 Å². The zero-order chi connectivity index (χ0) is 21.7. The highest BCUT2D eigenvalue weighted by Gasteiger charge is 2.87. The summed E-state index contributed by atoms with van der Waals surface area (Å²) in [6.45, 7) is 4.00. The lowest BCUT2D eigenvalue weighted by Gasteiger charge is -2.21. The van der Waals surface area contributed by atoms with Crippen molar-refractivity contribution >= 4 is 22.4 Å². The first-order valence-corrected chi connectivity index (χ1v) is 13.5. The summed E-state index contributed by atoms with van der Waals surface area (Å²) in [6.07, 6.45) is 16.9. The predicted molar refractivity (Wildman–Crippen MR) is 127 cm³/mol. The zero-order valence-corrected chi connectivity index (χ0v) is 20.4. The molecule has 2 aliphatic rings. The van der Waals surface area contributed by atoms with Gasteiger partial charge in [0.15, 0.2) is 0 Å². The minimum Gasteiger partial charge on any atom is -0.252 e. The molecule has 2 nitrogen and oxygen atoms in total. The average Bonchev–Trinajstić information content (AvgIpc) is 3.18. The molecule has 3 rings (SSSR count). The van der Waals surface area contributed by atoms with Crippen LogP contribution in [0.3, 0.4) is 0 Å². The molecule has 2 fully saturated rings. The molecule has 30 heavy (non-hydrogen) atoms. The molecule has 2 aliphatic carbocycles. The maximum absolute atomic E-state index is 13.7. The number of hydrogen-bond acceptors (Lipinski definition) is 2. The molecule has 0 aliphatic heterocycles. The van der Waals surface area contributed by atoms with Gasteiger partial charge in [-0.05, 0) is 38.8 Å². The summed E-state index contributed by atoms with van der Waals surface area (Å²) in [7, 11) is -1.40. The van der Waals surface area contributed by atoms with Gasteiger partial charge in [0.2, 0.25) is 0 Å². The van der Waals surface area contributed by atoms with Crippen LogP contribution in [0.5, 0.6) is 0 Å². The largest absolute Gasteiger partial charge is 0.252 e. The van der Waals surface area contributed by atoms with Crippen LogP contribution in [0.1, 0.15) is 102 Å². The van der Waals surface area contributed by atoms with E-state index in [-0.39, 0.29) is 5.41 Å². The van der Waals surface area contributed by atoms with Crippen molar-refractivity contribution < 1.29 is 4.21 Å². The molecule has 4 heteroatoms. The van der Waals surface area contributed by atoms with E-state index in [2.05, 4.69) is 6.07 Å². The summed E-state index contributed by atoms with van der Waals surface area (Å²) >= 11 is 7.27. The monoisotopic (exact) mass is 447 g/mol. The highest BCUT2D eigenvalue weighted by Crippen LogP contribution is 2.81. The maximum Gasteiger partial charge on any atom is 0.150 e. The Balaban J connectivity index is 1.84. The first kappa shape index (κ1) is 23.8. The minimum absolute atomic E-state index is 0.355. The van der Waals surface area contributed by atoms with E-state index in [1.165, 1.54) is 64.2 Å². The van der Waals surface area contributed by atoms with Crippen LogP contribution in [0.25, 0.3) is 0 Å². The summed E-state index contributed by atoms with van der Waals surface area (Å²) < 4.78 is 12.7. The number of alkyl halides is 1. The third-order valence-electron chi connectivity index (χ3n) is 7.82. The Morgan fingerprint density at radius 3 is 1.63 bits per heavy atom. The van der Waals surface area contributed by atoms with E-state index in [0.717, 1.165) is 36.1 Å². The summed E-state index contributed by atoms with van der Waals surface area (Å²) in [4.78, 5) is 0.754. The molecule has 0 bridgehead atoms. The molecule has 3 atom stereocenters. The van der Waals surface area contributed by atoms with Crippen LogP contribution in [0.15, 0.2) is 29.2 Å². The number of benzene rings is 1. The second-order valence-electron chi connectivity index (χ2n) is 9.74. The van der Waals surface area contributed by atoms with E-state index in [9.17, 15) is 9.47 Å². The number of rotatable bonds is 2. The molecule has 0 N–H and O–H groups in total. The average molecular weight is 448 g/mol. The van der Waals surface area contributed by atoms with E-state index >= 15 is 0 Å². The third kappa shape index (κ3) is 4.24. The van der Waals surface area contributed by atoms with Crippen LogP contribution in [0.2, 0.25) is 0 Å². The molecule has 0 heterocycles. The Morgan fingerprint density at radius 1 is 0.833 bits per heavy atom. The van der Waals surface area contributed by atoms with Crippen molar-refractivity contribution in [2.45, 2.75) is 113 Å². The van der Waals surface area contributed by atoms with E-state index in [1.54, 1.807) is 0 Å². The topological polar surface area (TPSA) is 40.9 Å². The molecule has 0 amide bonds. The van der Waals surface area contributed by atoms with Crippen molar-refractivity contribution in [1.82, 2.24) is 0 Å². The lowest BCUT2D eigenvalue weighted by Crippen LogP contribution is -2.21. The fourth-order valence-electron chi connectivity index (χ4n) is 5.72. The molecule has 1 spiro atoms. The van der Waals surface area contributed by atoms with Gasteiger partial charge >= 0.3 is 0 Å². The molecule has 1 aromatic carbocycles. The number of nitriles is 1. The predicted octanol–water partition coefficient (Wildman–Crippen LogP) is 8.04. The maximum atomic E-state index is 13.7. The van der Waals surface area contributed by atoms with Crippen molar-refractivity contribution in [3.05, 3.63) is 29.8 Å². The number of halogens is 1. The van der Waals surface area contributed by atoms with Crippen LogP contribution in [-0.4, -0.2) is 8.42 Å². The van der Waals surface area contributed by atoms with E-state index < -0.39 is 20.4 Å². The molecule has 0 aromatic heterocycles. The van der Waals surface area contributed by atoms with Gasteiger partial charge in [0.25, 0.3) is 0 Å². The van der Waals surface area contributed by atoms with Gasteiger partial charge in [-0.1, -0.05) is 94.7 Å². The number of nitrogens with zero attached hydrogens (tertiary/aromatic N) is 1. The van der Waals surface area contributed by atoms with E-state index in [0.29, 0.717) is 0 Å². The van der Waals surface area contributed by atoms with Gasteiger partial charge < -0.3 is 0 Å². The lowest BCUT2D eigenvalue weighted by atomic mass is 9.84. The summed E-state index contributed by atoms with van der Waals surface area (Å²) in [5, 5.41) is 10.2. The number of aryl methyl sites for hydroxylation is 1. The molecular weight excluding hydrogens is 410 g/mol. The number of hydrogen-bond donors (Lipinski definition) is 0. The van der Waals surface area contributed by atoms with Gasteiger partial charge in [0, 0.05) is 10.3 Å². The zero-order valence-electron chi connectivity index (χ0n) is 18.9. The Kier molecular flexibility index (Phi) is 8.08. The lowest BCUT2D eigenvalue weighted by molar-refractivity contribution is 0.327. The van der Waals surface area contributed by atoms with Crippen LogP contribution >= 0.6 is 11.6 Å². The molecule has 2 saturated carbocycles. The van der Waals surface area contributed by atoms with Gasteiger partial charge in [-0.15, -0.1) is 11.6 Å². The molecule has 0 radical (unpaired) electrons. The second kappa shape index (κ2) is 10.2.